The summed E-state index contributed by atoms with van der Waals surface area (Å²) in [7, 11) is 0. The Balaban J connectivity index is 2.34. The molecular weight excluding hydrogens is 316 g/mol. The molecule has 0 amide bonds. The number of ketones is 1. The van der Waals surface area contributed by atoms with E-state index in [0.717, 1.165) is 0 Å². The second kappa shape index (κ2) is 5.38. The van der Waals surface area contributed by atoms with Crippen molar-refractivity contribution < 1.29 is 34.7 Å². The van der Waals surface area contributed by atoms with Crippen LogP contribution >= 0.6 is 0 Å². The van der Waals surface area contributed by atoms with E-state index in [2.05, 4.69) is 0 Å². The zero-order valence-electron chi connectivity index (χ0n) is 12.6. The molecule has 7 nitrogen and oxygen atoms in total. The van der Waals surface area contributed by atoms with Gasteiger partial charge in [0, 0.05) is 12.0 Å². The molecule has 0 radical (unpaired) electrons. The summed E-state index contributed by atoms with van der Waals surface area (Å²) in [6.45, 7) is 1.71. The van der Waals surface area contributed by atoms with Gasteiger partial charge in [0.2, 0.25) is 17.2 Å². The molecule has 0 saturated carbocycles. The fourth-order valence-electron chi connectivity index (χ4n) is 2.57. The van der Waals surface area contributed by atoms with Crippen LogP contribution in [0.4, 0.5) is 0 Å². The third kappa shape index (κ3) is 2.10. The molecule has 24 heavy (non-hydrogen) atoms. The van der Waals surface area contributed by atoms with E-state index in [4.69, 9.17) is 4.42 Å². The number of aromatic hydroxyl groups is 5. The van der Waals surface area contributed by atoms with Crippen LogP contribution in [0.2, 0.25) is 0 Å². The van der Waals surface area contributed by atoms with Crippen molar-refractivity contribution in [3.63, 3.8) is 0 Å². The van der Waals surface area contributed by atoms with Crippen LogP contribution in [0.1, 0.15) is 28.6 Å². The molecule has 3 rings (SSSR count). The van der Waals surface area contributed by atoms with E-state index < -0.39 is 28.8 Å². The molecule has 1 aromatic heterocycles. The van der Waals surface area contributed by atoms with Gasteiger partial charge in [0.05, 0.1) is 10.9 Å². The number of hydrogen-bond donors (Lipinski definition) is 5. The van der Waals surface area contributed by atoms with Gasteiger partial charge in [-0.1, -0.05) is 6.92 Å². The van der Waals surface area contributed by atoms with Gasteiger partial charge in [-0.2, -0.15) is 0 Å². The van der Waals surface area contributed by atoms with Gasteiger partial charge in [-0.3, -0.25) is 4.79 Å². The number of rotatable bonds is 3. The molecule has 0 bridgehead atoms. The van der Waals surface area contributed by atoms with Gasteiger partial charge < -0.3 is 29.9 Å². The minimum Gasteiger partial charge on any atom is -0.508 e. The monoisotopic (exact) mass is 330 g/mol. The number of phenolic OH excluding ortho intramolecular Hbond substituents is 5. The predicted octanol–water partition coefficient (Wildman–Crippen LogP) is 2.75. The number of hydrogen-bond acceptors (Lipinski definition) is 7. The van der Waals surface area contributed by atoms with Crippen molar-refractivity contribution in [3.05, 3.63) is 41.2 Å². The maximum atomic E-state index is 12.8. The van der Waals surface area contributed by atoms with Crippen LogP contribution < -0.4 is 0 Å². The van der Waals surface area contributed by atoms with Crippen LogP contribution in [0, 0.1) is 0 Å². The lowest BCUT2D eigenvalue weighted by molar-refractivity contribution is 0.103. The zero-order chi connectivity index (χ0) is 17.6. The van der Waals surface area contributed by atoms with Gasteiger partial charge in [-0.05, 0) is 24.3 Å². The predicted molar refractivity (Wildman–Crippen MR) is 83.8 cm³/mol. The lowest BCUT2D eigenvalue weighted by Gasteiger charge is -2.06. The van der Waals surface area contributed by atoms with Crippen LogP contribution in [-0.4, -0.2) is 31.3 Å². The van der Waals surface area contributed by atoms with E-state index in [0.29, 0.717) is 0 Å². The highest BCUT2D eigenvalue weighted by Gasteiger charge is 2.29. The highest BCUT2D eigenvalue weighted by molar-refractivity contribution is 6.19. The first-order valence-corrected chi connectivity index (χ1v) is 7.11. The van der Waals surface area contributed by atoms with Crippen LogP contribution in [0.3, 0.4) is 0 Å². The van der Waals surface area contributed by atoms with Gasteiger partial charge >= 0.3 is 0 Å². The first-order valence-electron chi connectivity index (χ1n) is 7.11. The summed E-state index contributed by atoms with van der Waals surface area (Å²) in [6, 6.07) is 5.46. The van der Waals surface area contributed by atoms with Crippen LogP contribution in [0.5, 0.6) is 28.7 Å². The molecule has 0 spiro atoms. The first kappa shape index (κ1) is 15.5. The molecule has 0 aliphatic heterocycles. The Morgan fingerprint density at radius 1 is 0.917 bits per heavy atom. The number of furan rings is 1. The minimum atomic E-state index is -0.941. The first-order chi connectivity index (χ1) is 11.4. The molecule has 3 aromatic rings. The molecule has 0 atom stereocenters. The van der Waals surface area contributed by atoms with E-state index in [9.17, 15) is 30.3 Å². The van der Waals surface area contributed by atoms with E-state index in [-0.39, 0.29) is 40.0 Å². The quantitative estimate of drug-likeness (QED) is 0.283. The van der Waals surface area contributed by atoms with E-state index in [1.54, 1.807) is 6.92 Å². The lowest BCUT2D eigenvalue weighted by atomic mass is 9.98. The third-order valence-electron chi connectivity index (χ3n) is 3.78. The molecule has 0 fully saturated rings. The summed E-state index contributed by atoms with van der Waals surface area (Å²) < 4.78 is 5.41. The Kier molecular flexibility index (Phi) is 3.48. The Labute approximate surface area is 135 Å². The zero-order valence-corrected chi connectivity index (χ0v) is 12.6. The molecular formula is C17H14O7. The summed E-state index contributed by atoms with van der Waals surface area (Å²) in [4.78, 5) is 12.8. The molecule has 0 unspecified atom stereocenters. The number of carbonyl (C=O) groups is 1. The third-order valence-corrected chi connectivity index (χ3v) is 3.78. The van der Waals surface area contributed by atoms with Crippen molar-refractivity contribution in [1.82, 2.24) is 0 Å². The van der Waals surface area contributed by atoms with Gasteiger partial charge in [0.25, 0.3) is 0 Å². The lowest BCUT2D eigenvalue weighted by Crippen LogP contribution is -2.03. The van der Waals surface area contributed by atoms with Crippen molar-refractivity contribution in [3.8, 4) is 28.7 Å². The number of fused-ring (bicyclic) bond motifs is 1. The van der Waals surface area contributed by atoms with E-state index in [1.165, 1.54) is 24.3 Å². The number of carbonyl (C=O) groups excluding carboxylic acids is 1. The highest BCUT2D eigenvalue weighted by atomic mass is 16.4. The maximum Gasteiger partial charge on any atom is 0.208 e. The van der Waals surface area contributed by atoms with Crippen molar-refractivity contribution in [2.24, 2.45) is 0 Å². The number of aryl methyl sites for hydroxylation is 1. The van der Waals surface area contributed by atoms with Crippen molar-refractivity contribution in [1.29, 1.82) is 0 Å². The smallest absolute Gasteiger partial charge is 0.208 e. The standard InChI is InChI=1S/C17H14O7/c1-2-9-10(12(19)7-3-5-8(18)6-4-7)11-13(20)14(21)15(22)16(23)17(11)24-9/h3-6,18,20-23H,2H2,1H3. The summed E-state index contributed by atoms with van der Waals surface area (Å²) in [6.07, 6.45) is 0.272. The van der Waals surface area contributed by atoms with Gasteiger partial charge in [-0.25, -0.2) is 0 Å². The summed E-state index contributed by atoms with van der Waals surface area (Å²) in [5.74, 6) is -3.75. The van der Waals surface area contributed by atoms with Gasteiger partial charge in [-0.15, -0.1) is 0 Å². The van der Waals surface area contributed by atoms with Crippen molar-refractivity contribution in [2.45, 2.75) is 13.3 Å². The van der Waals surface area contributed by atoms with E-state index in [1.807, 2.05) is 0 Å². The second-order valence-electron chi connectivity index (χ2n) is 5.23. The largest absolute Gasteiger partial charge is 0.508 e. The Morgan fingerprint density at radius 3 is 2.08 bits per heavy atom. The van der Waals surface area contributed by atoms with Gasteiger partial charge in [0.15, 0.2) is 17.1 Å². The maximum absolute atomic E-state index is 12.8. The highest BCUT2D eigenvalue weighted by Crippen LogP contribution is 2.51. The average molecular weight is 330 g/mol. The second-order valence-corrected chi connectivity index (χ2v) is 5.23. The summed E-state index contributed by atoms with van der Waals surface area (Å²) in [5, 5.41) is 48.5. The molecule has 0 aliphatic rings. The number of benzene rings is 2. The molecule has 124 valence electrons. The Morgan fingerprint density at radius 2 is 1.50 bits per heavy atom. The molecule has 1 heterocycles. The number of phenols is 5. The fourth-order valence-corrected chi connectivity index (χ4v) is 2.57. The molecule has 7 heteroatoms. The van der Waals surface area contributed by atoms with Crippen LogP contribution in [0.15, 0.2) is 28.7 Å². The van der Waals surface area contributed by atoms with E-state index >= 15 is 0 Å². The molecule has 0 aliphatic carbocycles. The fraction of sp³-hybridized carbons (Fsp3) is 0.118. The van der Waals surface area contributed by atoms with Gasteiger partial charge in [0.1, 0.15) is 11.5 Å². The Bertz CT molecular complexity index is 952. The molecule has 2 aromatic carbocycles. The summed E-state index contributed by atoms with van der Waals surface area (Å²) in [5.41, 5.74) is -0.0975. The van der Waals surface area contributed by atoms with Crippen molar-refractivity contribution in [2.75, 3.05) is 0 Å². The Hall–Kier alpha value is -3.35. The minimum absolute atomic E-state index is 0.0117. The van der Waals surface area contributed by atoms with Crippen LogP contribution in [0.25, 0.3) is 11.0 Å². The van der Waals surface area contributed by atoms with Crippen LogP contribution in [-0.2, 0) is 6.42 Å². The van der Waals surface area contributed by atoms with Crippen molar-refractivity contribution >= 4 is 16.8 Å². The molecule has 0 saturated heterocycles. The average Bonchev–Trinajstić information content (AvgIpc) is 2.97. The molecule has 5 N–H and O–H groups in total. The topological polar surface area (TPSA) is 131 Å². The summed E-state index contributed by atoms with van der Waals surface area (Å²) >= 11 is 0. The normalized spacial score (nSPS) is 11.0. The SMILES string of the molecule is CCc1oc2c(O)c(O)c(O)c(O)c2c1C(=O)c1ccc(O)cc1.